The first kappa shape index (κ1) is 22.6. The highest BCUT2D eigenvalue weighted by atomic mass is 35.5. The molecule has 1 amide bonds. The summed E-state index contributed by atoms with van der Waals surface area (Å²) in [4.78, 5) is 21.7. The Bertz CT molecular complexity index is 1200. The predicted octanol–water partition coefficient (Wildman–Crippen LogP) is 6.18. The number of hydrogen-bond donors (Lipinski definition) is 2. The van der Waals surface area contributed by atoms with Crippen molar-refractivity contribution in [2.24, 2.45) is 0 Å². The number of nitrogens with zero attached hydrogens (tertiary/aromatic N) is 2. The Morgan fingerprint density at radius 3 is 1.97 bits per heavy atom. The number of rotatable bonds is 7. The summed E-state index contributed by atoms with van der Waals surface area (Å²) in [5, 5.41) is 7.10. The van der Waals surface area contributed by atoms with E-state index in [0.717, 1.165) is 16.8 Å². The van der Waals surface area contributed by atoms with Crippen LogP contribution in [0, 0.1) is 0 Å². The van der Waals surface area contributed by atoms with Crippen molar-refractivity contribution in [3.8, 4) is 28.3 Å². The van der Waals surface area contributed by atoms with Crippen LogP contribution in [0.25, 0.3) is 22.5 Å². The van der Waals surface area contributed by atoms with Gasteiger partial charge in [0.25, 0.3) is 0 Å². The molecule has 0 aliphatic rings. The van der Waals surface area contributed by atoms with Gasteiger partial charge in [-0.2, -0.15) is 0 Å². The lowest BCUT2D eigenvalue weighted by atomic mass is 10.1. The third-order valence-corrected chi connectivity index (χ3v) is 5.28. The van der Waals surface area contributed by atoms with Crippen molar-refractivity contribution >= 4 is 40.7 Å². The lowest BCUT2D eigenvalue weighted by molar-refractivity contribution is -0.114. The molecule has 8 heteroatoms. The molecule has 0 saturated carbocycles. The van der Waals surface area contributed by atoms with Gasteiger partial charge in [0, 0.05) is 32.9 Å². The molecule has 166 valence electrons. The molecule has 0 bridgehead atoms. The van der Waals surface area contributed by atoms with Gasteiger partial charge in [0.1, 0.15) is 5.75 Å². The molecule has 0 unspecified atom stereocenters. The summed E-state index contributed by atoms with van der Waals surface area (Å²) in [6.07, 6.45) is 0. The maximum Gasteiger partial charge on any atom is 0.246 e. The first-order valence-corrected chi connectivity index (χ1v) is 10.8. The lowest BCUT2D eigenvalue weighted by Crippen LogP contribution is -2.23. The zero-order chi connectivity index (χ0) is 23.2. The molecule has 0 aliphatic heterocycles. The Morgan fingerprint density at radius 2 is 1.42 bits per heavy atom. The van der Waals surface area contributed by atoms with Crippen molar-refractivity contribution < 1.29 is 9.53 Å². The molecule has 1 heterocycles. The number of ether oxygens (including phenoxy) is 1. The Balaban J connectivity index is 1.58. The van der Waals surface area contributed by atoms with Crippen LogP contribution in [0.15, 0.2) is 78.9 Å². The van der Waals surface area contributed by atoms with Gasteiger partial charge in [-0.25, -0.2) is 9.97 Å². The highest BCUT2D eigenvalue weighted by Crippen LogP contribution is 2.27. The monoisotopic (exact) mass is 478 g/mol. The normalized spacial score (nSPS) is 10.5. The Kier molecular flexibility index (Phi) is 7.07. The van der Waals surface area contributed by atoms with Crippen molar-refractivity contribution in [1.29, 1.82) is 0 Å². The molecule has 0 aliphatic carbocycles. The molecule has 0 saturated heterocycles. The van der Waals surface area contributed by atoms with Gasteiger partial charge in [-0.15, -0.1) is 0 Å². The second-order valence-corrected chi connectivity index (χ2v) is 7.98. The standard InChI is InChI=1S/C25H20Cl2N4O2/c1-33-21-4-2-3-20(13-21)28-15-24(32)31-25-29-22(16-5-9-18(26)10-6-16)14-23(30-25)17-7-11-19(27)12-8-17/h2-14,28H,15H2,1H3,(H,29,30,31,32). The minimum atomic E-state index is -0.284. The molecule has 33 heavy (non-hydrogen) atoms. The summed E-state index contributed by atoms with van der Waals surface area (Å²) in [6.45, 7) is 0.0397. The van der Waals surface area contributed by atoms with Crippen LogP contribution in [0.1, 0.15) is 0 Å². The largest absolute Gasteiger partial charge is 0.497 e. The molecule has 4 rings (SSSR count). The number of methoxy groups -OCH3 is 1. The SMILES string of the molecule is COc1cccc(NCC(=O)Nc2nc(-c3ccc(Cl)cc3)cc(-c3ccc(Cl)cc3)n2)c1. The highest BCUT2D eigenvalue weighted by molar-refractivity contribution is 6.30. The zero-order valence-corrected chi connectivity index (χ0v) is 19.2. The molecule has 6 nitrogen and oxygen atoms in total. The number of nitrogens with one attached hydrogen (secondary N) is 2. The van der Waals surface area contributed by atoms with E-state index < -0.39 is 0 Å². The fourth-order valence-electron chi connectivity index (χ4n) is 3.12. The predicted molar refractivity (Wildman–Crippen MR) is 133 cm³/mol. The number of hydrogen-bond acceptors (Lipinski definition) is 5. The van der Waals surface area contributed by atoms with Gasteiger partial charge in [-0.1, -0.05) is 53.5 Å². The molecule has 3 aromatic carbocycles. The minimum Gasteiger partial charge on any atom is -0.497 e. The summed E-state index contributed by atoms with van der Waals surface area (Å²) >= 11 is 12.1. The average Bonchev–Trinajstić information content (AvgIpc) is 2.83. The van der Waals surface area contributed by atoms with Crippen LogP contribution in [0.2, 0.25) is 10.0 Å². The Hall–Kier alpha value is -3.61. The van der Waals surface area contributed by atoms with Gasteiger partial charge in [0.05, 0.1) is 25.0 Å². The van der Waals surface area contributed by atoms with E-state index in [1.807, 2.05) is 54.6 Å². The third kappa shape index (κ3) is 6.00. The zero-order valence-electron chi connectivity index (χ0n) is 17.7. The van der Waals surface area contributed by atoms with Crippen molar-refractivity contribution in [3.63, 3.8) is 0 Å². The van der Waals surface area contributed by atoms with E-state index >= 15 is 0 Å². The molecule has 1 aromatic heterocycles. The molecular formula is C25H20Cl2N4O2. The fraction of sp³-hybridized carbons (Fsp3) is 0.0800. The summed E-state index contributed by atoms with van der Waals surface area (Å²) in [6, 6.07) is 23.8. The first-order chi connectivity index (χ1) is 16.0. The lowest BCUT2D eigenvalue weighted by Gasteiger charge is -2.11. The van der Waals surface area contributed by atoms with Gasteiger partial charge in [-0.3, -0.25) is 10.1 Å². The van der Waals surface area contributed by atoms with Crippen LogP contribution in [-0.2, 0) is 4.79 Å². The van der Waals surface area contributed by atoms with E-state index in [-0.39, 0.29) is 18.4 Å². The van der Waals surface area contributed by atoms with Crippen LogP contribution in [-0.4, -0.2) is 29.5 Å². The minimum absolute atomic E-state index is 0.0397. The summed E-state index contributed by atoms with van der Waals surface area (Å²) in [5.41, 5.74) is 3.77. The summed E-state index contributed by atoms with van der Waals surface area (Å²) in [5.74, 6) is 0.616. The van der Waals surface area contributed by atoms with Gasteiger partial charge >= 0.3 is 0 Å². The fourth-order valence-corrected chi connectivity index (χ4v) is 3.38. The van der Waals surface area contributed by atoms with Crippen LogP contribution >= 0.6 is 23.2 Å². The summed E-state index contributed by atoms with van der Waals surface area (Å²) < 4.78 is 5.21. The number of carbonyl (C=O) groups is 1. The number of benzene rings is 3. The molecule has 2 N–H and O–H groups in total. The maximum atomic E-state index is 12.6. The topological polar surface area (TPSA) is 76.1 Å². The van der Waals surface area contributed by atoms with Gasteiger partial charge in [0.15, 0.2) is 0 Å². The van der Waals surface area contributed by atoms with E-state index in [9.17, 15) is 4.79 Å². The molecule has 0 atom stereocenters. The van der Waals surface area contributed by atoms with Crippen molar-refractivity contribution in [3.05, 3.63) is 88.9 Å². The van der Waals surface area contributed by atoms with Crippen LogP contribution in [0.3, 0.4) is 0 Å². The van der Waals surface area contributed by atoms with E-state index in [4.69, 9.17) is 27.9 Å². The summed E-state index contributed by atoms with van der Waals surface area (Å²) in [7, 11) is 1.59. The van der Waals surface area contributed by atoms with Crippen LogP contribution in [0.4, 0.5) is 11.6 Å². The molecule has 0 fully saturated rings. The van der Waals surface area contributed by atoms with Crippen molar-refractivity contribution in [1.82, 2.24) is 9.97 Å². The van der Waals surface area contributed by atoms with Gasteiger partial charge in [-0.05, 0) is 42.5 Å². The maximum absolute atomic E-state index is 12.6. The molecule has 0 radical (unpaired) electrons. The molecular weight excluding hydrogens is 459 g/mol. The quantitative estimate of drug-likeness (QED) is 0.331. The Labute approximate surface area is 201 Å². The third-order valence-electron chi connectivity index (χ3n) is 4.78. The average molecular weight is 479 g/mol. The number of carbonyl (C=O) groups excluding carboxylic acids is 1. The van der Waals surface area contributed by atoms with Crippen molar-refractivity contribution in [2.45, 2.75) is 0 Å². The van der Waals surface area contributed by atoms with Crippen LogP contribution < -0.4 is 15.4 Å². The Morgan fingerprint density at radius 1 is 0.848 bits per heavy atom. The number of halogens is 2. The highest BCUT2D eigenvalue weighted by Gasteiger charge is 2.12. The van der Waals surface area contributed by atoms with E-state index in [1.54, 1.807) is 31.4 Å². The second-order valence-electron chi connectivity index (χ2n) is 7.11. The van der Waals surface area contributed by atoms with Crippen molar-refractivity contribution in [2.75, 3.05) is 24.3 Å². The first-order valence-electron chi connectivity index (χ1n) is 10.1. The van der Waals surface area contributed by atoms with E-state index in [2.05, 4.69) is 20.6 Å². The van der Waals surface area contributed by atoms with Gasteiger partial charge < -0.3 is 10.1 Å². The van der Waals surface area contributed by atoms with Crippen LogP contribution in [0.5, 0.6) is 5.75 Å². The smallest absolute Gasteiger partial charge is 0.246 e. The van der Waals surface area contributed by atoms with E-state index in [1.165, 1.54) is 0 Å². The number of anilines is 2. The second kappa shape index (κ2) is 10.3. The van der Waals surface area contributed by atoms with Gasteiger partial charge in [0.2, 0.25) is 11.9 Å². The number of amides is 1. The van der Waals surface area contributed by atoms with E-state index in [0.29, 0.717) is 27.2 Å². The molecule has 0 spiro atoms. The molecule has 4 aromatic rings. The number of aromatic nitrogens is 2.